The molecule has 4 rings (SSSR count). The van der Waals surface area contributed by atoms with Crippen LogP contribution in [-0.4, -0.2) is 21.5 Å². The number of benzene rings is 2. The molecule has 160 valence electrons. The molecule has 4 aromatic rings. The van der Waals surface area contributed by atoms with E-state index in [1.54, 1.807) is 4.57 Å². The van der Waals surface area contributed by atoms with Crippen molar-refractivity contribution in [1.29, 1.82) is 0 Å². The highest BCUT2D eigenvalue weighted by atomic mass is 79.9. The zero-order valence-electron chi connectivity index (χ0n) is 17.3. The van der Waals surface area contributed by atoms with Crippen LogP contribution in [0.5, 0.6) is 5.75 Å². The molecule has 1 amide bonds. The first kappa shape index (κ1) is 21.2. The van der Waals surface area contributed by atoms with Gasteiger partial charge in [0.25, 0.3) is 5.56 Å². The molecule has 6 nitrogen and oxygen atoms in total. The van der Waals surface area contributed by atoms with E-state index in [4.69, 9.17) is 4.74 Å². The number of hydrogen-bond donors (Lipinski definition) is 1. The molecule has 1 N–H and O–H groups in total. The van der Waals surface area contributed by atoms with Gasteiger partial charge in [-0.15, -0.1) is 0 Å². The second kappa shape index (κ2) is 9.39. The zero-order chi connectivity index (χ0) is 21.8. The van der Waals surface area contributed by atoms with E-state index in [1.165, 1.54) is 0 Å². The normalized spacial score (nSPS) is 11.2. The number of fused-ring (bicyclic) bond motifs is 3. The lowest BCUT2D eigenvalue weighted by Crippen LogP contribution is -2.25. The van der Waals surface area contributed by atoms with Crippen LogP contribution < -0.4 is 15.6 Å². The highest BCUT2D eigenvalue weighted by molar-refractivity contribution is 9.10. The summed E-state index contributed by atoms with van der Waals surface area (Å²) in [6, 6.07) is 17.3. The third-order valence-electron chi connectivity index (χ3n) is 5.21. The van der Waals surface area contributed by atoms with Gasteiger partial charge in [-0.2, -0.15) is 0 Å². The predicted molar refractivity (Wildman–Crippen MR) is 126 cm³/mol. The van der Waals surface area contributed by atoms with Crippen molar-refractivity contribution in [3.8, 4) is 5.75 Å². The van der Waals surface area contributed by atoms with E-state index in [1.807, 2.05) is 72.1 Å². The fourth-order valence-electron chi connectivity index (χ4n) is 3.71. The van der Waals surface area contributed by atoms with Crippen molar-refractivity contribution in [2.45, 2.75) is 32.9 Å². The molecule has 0 fully saturated rings. The van der Waals surface area contributed by atoms with Crippen LogP contribution in [0.25, 0.3) is 16.6 Å². The van der Waals surface area contributed by atoms with Gasteiger partial charge < -0.3 is 19.0 Å². The maximum atomic E-state index is 13.0. The molecule has 2 heterocycles. The molecule has 2 aromatic heterocycles. The van der Waals surface area contributed by atoms with E-state index < -0.39 is 0 Å². The summed E-state index contributed by atoms with van der Waals surface area (Å²) >= 11 is 3.50. The summed E-state index contributed by atoms with van der Waals surface area (Å²) in [6.07, 6.45) is 2.82. The Morgan fingerprint density at radius 3 is 2.65 bits per heavy atom. The van der Waals surface area contributed by atoms with Gasteiger partial charge >= 0.3 is 0 Å². The van der Waals surface area contributed by atoms with Crippen molar-refractivity contribution in [3.05, 3.63) is 81.2 Å². The third-order valence-corrected chi connectivity index (χ3v) is 5.70. The number of rotatable bonds is 8. The van der Waals surface area contributed by atoms with Crippen molar-refractivity contribution in [2.75, 3.05) is 6.61 Å². The van der Waals surface area contributed by atoms with Gasteiger partial charge in [0.15, 0.2) is 0 Å². The molecule has 0 spiro atoms. The van der Waals surface area contributed by atoms with Gasteiger partial charge in [-0.05, 0) is 61.4 Å². The molecule has 0 saturated heterocycles. The van der Waals surface area contributed by atoms with Crippen LogP contribution >= 0.6 is 15.9 Å². The third kappa shape index (κ3) is 4.66. The monoisotopic (exact) mass is 481 g/mol. The number of carbonyl (C=O) groups excluding carboxylic acids is 1. The molecule has 0 radical (unpaired) electrons. The maximum absolute atomic E-state index is 13.0. The van der Waals surface area contributed by atoms with Crippen LogP contribution in [-0.2, 0) is 17.9 Å². The minimum absolute atomic E-state index is 0.0313. The molecular formula is C24H24BrN3O3. The SMILES string of the molecule is CCOc1ccc(CNC(=O)CCCn2c(=O)c3cccn3c3ccc(Br)cc32)cc1. The first-order valence-corrected chi connectivity index (χ1v) is 11.1. The second-order valence-corrected chi connectivity index (χ2v) is 8.23. The summed E-state index contributed by atoms with van der Waals surface area (Å²) in [4.78, 5) is 25.3. The van der Waals surface area contributed by atoms with Crippen LogP contribution in [0.15, 0.2) is 70.1 Å². The Bertz CT molecular complexity index is 1280. The van der Waals surface area contributed by atoms with E-state index >= 15 is 0 Å². The Labute approximate surface area is 188 Å². The summed E-state index contributed by atoms with van der Waals surface area (Å²) in [5, 5.41) is 2.94. The number of nitrogens with one attached hydrogen (secondary N) is 1. The molecule has 0 aliphatic carbocycles. The Hall–Kier alpha value is -3.06. The average molecular weight is 482 g/mol. The van der Waals surface area contributed by atoms with Gasteiger partial charge in [0.05, 0.1) is 17.6 Å². The quantitative estimate of drug-likeness (QED) is 0.402. The Morgan fingerprint density at radius 2 is 1.87 bits per heavy atom. The van der Waals surface area contributed by atoms with Crippen molar-refractivity contribution in [1.82, 2.24) is 14.3 Å². The molecular weight excluding hydrogens is 458 g/mol. The van der Waals surface area contributed by atoms with Crippen molar-refractivity contribution < 1.29 is 9.53 Å². The zero-order valence-corrected chi connectivity index (χ0v) is 18.9. The second-order valence-electron chi connectivity index (χ2n) is 7.31. The lowest BCUT2D eigenvalue weighted by molar-refractivity contribution is -0.121. The van der Waals surface area contributed by atoms with Gasteiger partial charge in [0.2, 0.25) is 5.91 Å². The van der Waals surface area contributed by atoms with Gasteiger partial charge in [-0.25, -0.2) is 0 Å². The maximum Gasteiger partial charge on any atom is 0.275 e. The number of nitrogens with zero attached hydrogens (tertiary/aromatic N) is 2. The lowest BCUT2D eigenvalue weighted by Gasteiger charge is -2.13. The van der Waals surface area contributed by atoms with E-state index in [9.17, 15) is 9.59 Å². The summed E-state index contributed by atoms with van der Waals surface area (Å²) in [7, 11) is 0. The molecule has 31 heavy (non-hydrogen) atoms. The first-order chi connectivity index (χ1) is 15.1. The summed E-state index contributed by atoms with van der Waals surface area (Å²) in [5.74, 6) is 0.790. The molecule has 0 saturated carbocycles. The summed E-state index contributed by atoms with van der Waals surface area (Å²) in [6.45, 7) is 3.52. The molecule has 0 bridgehead atoms. The number of amides is 1. The van der Waals surface area contributed by atoms with Crippen molar-refractivity contribution in [3.63, 3.8) is 0 Å². The minimum atomic E-state index is -0.0506. The van der Waals surface area contributed by atoms with E-state index in [-0.39, 0.29) is 11.5 Å². The smallest absolute Gasteiger partial charge is 0.275 e. The number of hydrogen-bond acceptors (Lipinski definition) is 3. The molecule has 0 unspecified atom stereocenters. The largest absolute Gasteiger partial charge is 0.494 e. The highest BCUT2D eigenvalue weighted by Crippen LogP contribution is 2.20. The van der Waals surface area contributed by atoms with Gasteiger partial charge in [0.1, 0.15) is 11.3 Å². The minimum Gasteiger partial charge on any atom is -0.494 e. The predicted octanol–water partition coefficient (Wildman–Crippen LogP) is 4.51. The lowest BCUT2D eigenvalue weighted by atomic mass is 10.2. The first-order valence-electron chi connectivity index (χ1n) is 10.3. The Balaban J connectivity index is 1.41. The summed E-state index contributed by atoms with van der Waals surface area (Å²) in [5.41, 5.74) is 3.41. The Kier molecular flexibility index (Phi) is 6.42. The van der Waals surface area contributed by atoms with Gasteiger partial charge in [-0.3, -0.25) is 9.59 Å². The fraction of sp³-hybridized carbons (Fsp3) is 0.250. The van der Waals surface area contributed by atoms with Crippen LogP contribution in [0.4, 0.5) is 0 Å². The fourth-order valence-corrected chi connectivity index (χ4v) is 4.06. The van der Waals surface area contributed by atoms with Crippen molar-refractivity contribution >= 4 is 38.4 Å². The number of ether oxygens (including phenoxy) is 1. The molecule has 0 aliphatic rings. The highest BCUT2D eigenvalue weighted by Gasteiger charge is 2.11. The molecule has 7 heteroatoms. The number of aromatic nitrogens is 2. The molecule has 0 aliphatic heterocycles. The van der Waals surface area contributed by atoms with E-state index in [2.05, 4.69) is 21.2 Å². The van der Waals surface area contributed by atoms with Crippen LogP contribution in [0.3, 0.4) is 0 Å². The molecule has 0 atom stereocenters. The van der Waals surface area contributed by atoms with Gasteiger partial charge in [0, 0.05) is 30.2 Å². The van der Waals surface area contributed by atoms with E-state index in [0.717, 1.165) is 26.8 Å². The standard InChI is InChI=1S/C24H24BrN3O3/c1-2-31-19-10-7-17(8-11-19)16-26-23(29)6-4-14-28-22-15-18(25)9-12-20(22)27-13-3-5-21(27)24(28)30/h3,5,7-13,15H,2,4,6,14,16H2,1H3,(H,26,29). The average Bonchev–Trinajstić information content (AvgIpc) is 3.26. The van der Waals surface area contributed by atoms with Crippen molar-refractivity contribution in [2.24, 2.45) is 0 Å². The summed E-state index contributed by atoms with van der Waals surface area (Å²) < 4.78 is 10.0. The van der Waals surface area contributed by atoms with Gasteiger partial charge in [-0.1, -0.05) is 28.1 Å². The molecule has 2 aromatic carbocycles. The number of aryl methyl sites for hydroxylation is 1. The van der Waals surface area contributed by atoms with Crippen LogP contribution in [0.2, 0.25) is 0 Å². The Morgan fingerprint density at radius 1 is 1.06 bits per heavy atom. The van der Waals surface area contributed by atoms with Crippen LogP contribution in [0, 0.1) is 0 Å². The number of carbonyl (C=O) groups is 1. The van der Waals surface area contributed by atoms with Crippen LogP contribution in [0.1, 0.15) is 25.3 Å². The number of halogens is 1. The van der Waals surface area contributed by atoms with E-state index in [0.29, 0.717) is 38.1 Å². The topological polar surface area (TPSA) is 64.7 Å².